The van der Waals surface area contributed by atoms with Gasteiger partial charge in [0.2, 0.25) is 0 Å². The van der Waals surface area contributed by atoms with Crippen LogP contribution in [0.3, 0.4) is 0 Å². The number of hydrogen-bond donors (Lipinski definition) is 2. The summed E-state index contributed by atoms with van der Waals surface area (Å²) in [4.78, 5) is 13.6. The minimum absolute atomic E-state index is 0.104. The van der Waals surface area contributed by atoms with Crippen molar-refractivity contribution in [3.63, 3.8) is 0 Å². The smallest absolute Gasteiger partial charge is 0.254 e. The predicted molar refractivity (Wildman–Crippen MR) is 64.3 cm³/mol. The summed E-state index contributed by atoms with van der Waals surface area (Å²) in [7, 11) is 0. The molecule has 5 heteroatoms. The number of rotatable bonds is 4. The van der Waals surface area contributed by atoms with E-state index in [1.807, 2.05) is 13.0 Å². The number of anilines is 1. The van der Waals surface area contributed by atoms with E-state index in [1.165, 1.54) is 12.1 Å². The summed E-state index contributed by atoms with van der Waals surface area (Å²) in [5.41, 5.74) is 6.07. The summed E-state index contributed by atoms with van der Waals surface area (Å²) in [5, 5.41) is 17.9. The molecule has 0 atom stereocenters. The van der Waals surface area contributed by atoms with Crippen LogP contribution in [0.1, 0.15) is 23.7 Å². The first kappa shape index (κ1) is 12.8. The molecule has 0 heterocycles. The molecule has 3 N–H and O–H groups in total. The summed E-state index contributed by atoms with van der Waals surface area (Å²) in [6.45, 7) is 2.75. The van der Waals surface area contributed by atoms with Crippen molar-refractivity contribution >= 4 is 11.6 Å². The number of phenols is 1. The topological polar surface area (TPSA) is 90.4 Å². The van der Waals surface area contributed by atoms with Crippen LogP contribution < -0.4 is 5.73 Å². The number of hydrogen-bond acceptors (Lipinski definition) is 4. The van der Waals surface area contributed by atoms with Gasteiger partial charge in [-0.05, 0) is 25.1 Å². The molecular formula is C12H15N3O2. The number of benzene rings is 1. The molecule has 17 heavy (non-hydrogen) atoms. The second kappa shape index (κ2) is 5.75. The second-order valence-corrected chi connectivity index (χ2v) is 3.57. The van der Waals surface area contributed by atoms with E-state index < -0.39 is 0 Å². The lowest BCUT2D eigenvalue weighted by Crippen LogP contribution is -2.31. The van der Waals surface area contributed by atoms with Gasteiger partial charge >= 0.3 is 0 Å². The lowest BCUT2D eigenvalue weighted by Gasteiger charge is -2.19. The number of carbonyl (C=O) groups excluding carboxylic acids is 1. The Morgan fingerprint density at radius 2 is 2.29 bits per heavy atom. The molecule has 0 fully saturated rings. The molecule has 0 aromatic heterocycles. The normalized spacial score (nSPS) is 9.65. The molecule has 5 nitrogen and oxygen atoms in total. The molecular weight excluding hydrogens is 218 g/mol. The maximum absolute atomic E-state index is 12.0. The van der Waals surface area contributed by atoms with Crippen molar-refractivity contribution in [2.45, 2.75) is 13.3 Å². The highest BCUT2D eigenvalue weighted by Crippen LogP contribution is 2.21. The second-order valence-electron chi connectivity index (χ2n) is 3.57. The zero-order valence-corrected chi connectivity index (χ0v) is 9.68. The van der Waals surface area contributed by atoms with Gasteiger partial charge in [0.05, 0.1) is 18.2 Å². The number of nitrogen functional groups attached to an aromatic ring is 1. The Labute approximate surface area is 100 Å². The number of carbonyl (C=O) groups is 1. The maximum Gasteiger partial charge on any atom is 0.254 e. The molecule has 1 aromatic rings. The number of amides is 1. The van der Waals surface area contributed by atoms with Crippen molar-refractivity contribution in [1.82, 2.24) is 4.90 Å². The van der Waals surface area contributed by atoms with E-state index in [1.54, 1.807) is 11.0 Å². The van der Waals surface area contributed by atoms with Gasteiger partial charge in [-0.15, -0.1) is 0 Å². The molecule has 90 valence electrons. The molecule has 1 rings (SSSR count). The maximum atomic E-state index is 12.0. The fraction of sp³-hybridized carbons (Fsp3) is 0.333. The Balaban J connectivity index is 2.86. The van der Waals surface area contributed by atoms with Crippen LogP contribution in [0.25, 0.3) is 0 Å². The van der Waals surface area contributed by atoms with Crippen molar-refractivity contribution in [2.24, 2.45) is 0 Å². The third-order valence-corrected chi connectivity index (χ3v) is 2.44. The number of nitriles is 1. The zero-order valence-electron chi connectivity index (χ0n) is 9.68. The predicted octanol–water partition coefficient (Wildman–Crippen LogP) is 1.35. The van der Waals surface area contributed by atoms with Crippen molar-refractivity contribution in [1.29, 1.82) is 5.26 Å². The average Bonchev–Trinajstić information content (AvgIpc) is 2.33. The number of nitrogens with two attached hydrogens (primary N) is 1. The standard InChI is InChI=1S/C12H15N3O2/c1-2-15(7-3-6-13)12(17)9-4-5-10(14)11(16)8-9/h4-5,8,16H,2-3,7,14H2,1H3. The summed E-state index contributed by atoms with van der Waals surface area (Å²) < 4.78 is 0. The van der Waals surface area contributed by atoms with E-state index in [0.717, 1.165) is 0 Å². The van der Waals surface area contributed by atoms with Gasteiger partial charge in [-0.3, -0.25) is 4.79 Å². The Hall–Kier alpha value is -2.22. The third kappa shape index (κ3) is 3.11. The molecule has 0 radical (unpaired) electrons. The van der Waals surface area contributed by atoms with E-state index in [-0.39, 0.29) is 17.3 Å². The molecule has 0 bridgehead atoms. The van der Waals surface area contributed by atoms with Crippen LogP contribution in [0.2, 0.25) is 0 Å². The summed E-state index contributed by atoms with van der Waals surface area (Å²) in [6, 6.07) is 6.38. The lowest BCUT2D eigenvalue weighted by atomic mass is 10.1. The van der Waals surface area contributed by atoms with Gasteiger partial charge < -0.3 is 15.7 Å². The minimum atomic E-state index is -0.210. The Morgan fingerprint density at radius 3 is 2.82 bits per heavy atom. The third-order valence-electron chi connectivity index (χ3n) is 2.44. The molecule has 0 saturated heterocycles. The van der Waals surface area contributed by atoms with Gasteiger partial charge in [-0.2, -0.15) is 5.26 Å². The SMILES string of the molecule is CCN(CCC#N)C(=O)c1ccc(N)c(O)c1. The van der Waals surface area contributed by atoms with Crippen LogP contribution in [0, 0.1) is 11.3 Å². The molecule has 0 aliphatic rings. The molecule has 0 unspecified atom stereocenters. The van der Waals surface area contributed by atoms with Gasteiger partial charge in [0.25, 0.3) is 5.91 Å². The van der Waals surface area contributed by atoms with E-state index >= 15 is 0 Å². The highest BCUT2D eigenvalue weighted by atomic mass is 16.3. The quantitative estimate of drug-likeness (QED) is 0.606. The largest absolute Gasteiger partial charge is 0.506 e. The van der Waals surface area contributed by atoms with Crippen molar-refractivity contribution in [3.05, 3.63) is 23.8 Å². The highest BCUT2D eigenvalue weighted by molar-refractivity contribution is 5.95. The van der Waals surface area contributed by atoms with Crippen LogP contribution in [0.5, 0.6) is 5.75 Å². The van der Waals surface area contributed by atoms with E-state index in [0.29, 0.717) is 25.1 Å². The lowest BCUT2D eigenvalue weighted by molar-refractivity contribution is 0.0767. The van der Waals surface area contributed by atoms with Gasteiger partial charge in [0.15, 0.2) is 0 Å². The van der Waals surface area contributed by atoms with Crippen LogP contribution in [-0.2, 0) is 0 Å². The van der Waals surface area contributed by atoms with Gasteiger partial charge in [0, 0.05) is 18.7 Å². The van der Waals surface area contributed by atoms with Crippen LogP contribution in [-0.4, -0.2) is 29.0 Å². The summed E-state index contributed by atoms with van der Waals surface area (Å²) in [5.74, 6) is -0.315. The fourth-order valence-corrected chi connectivity index (χ4v) is 1.45. The summed E-state index contributed by atoms with van der Waals surface area (Å²) in [6.07, 6.45) is 0.292. The Kier molecular flexibility index (Phi) is 4.35. The first-order valence-electron chi connectivity index (χ1n) is 5.34. The van der Waals surface area contributed by atoms with Crippen LogP contribution in [0.15, 0.2) is 18.2 Å². The average molecular weight is 233 g/mol. The van der Waals surface area contributed by atoms with Crippen molar-refractivity contribution < 1.29 is 9.90 Å². The minimum Gasteiger partial charge on any atom is -0.506 e. The Morgan fingerprint density at radius 1 is 1.59 bits per heavy atom. The summed E-state index contributed by atoms with van der Waals surface area (Å²) >= 11 is 0. The van der Waals surface area contributed by atoms with Crippen molar-refractivity contribution in [2.75, 3.05) is 18.8 Å². The fourth-order valence-electron chi connectivity index (χ4n) is 1.45. The van der Waals surface area contributed by atoms with Gasteiger partial charge in [-0.1, -0.05) is 0 Å². The first-order valence-corrected chi connectivity index (χ1v) is 5.34. The molecule has 0 saturated carbocycles. The monoisotopic (exact) mass is 233 g/mol. The van der Waals surface area contributed by atoms with Gasteiger partial charge in [0.1, 0.15) is 5.75 Å². The molecule has 0 spiro atoms. The number of phenolic OH excluding ortho intramolecular Hbond substituents is 1. The van der Waals surface area contributed by atoms with Crippen LogP contribution in [0.4, 0.5) is 5.69 Å². The van der Waals surface area contributed by atoms with Crippen molar-refractivity contribution in [3.8, 4) is 11.8 Å². The Bertz CT molecular complexity index is 452. The van der Waals surface area contributed by atoms with E-state index in [4.69, 9.17) is 11.0 Å². The van der Waals surface area contributed by atoms with Crippen LogP contribution >= 0.6 is 0 Å². The number of nitrogens with zero attached hydrogens (tertiary/aromatic N) is 2. The zero-order chi connectivity index (χ0) is 12.8. The number of aromatic hydroxyl groups is 1. The molecule has 1 amide bonds. The molecule has 1 aromatic carbocycles. The first-order chi connectivity index (χ1) is 8.10. The van der Waals surface area contributed by atoms with Gasteiger partial charge in [-0.25, -0.2) is 0 Å². The van der Waals surface area contributed by atoms with E-state index in [9.17, 15) is 9.90 Å². The highest BCUT2D eigenvalue weighted by Gasteiger charge is 2.14. The molecule has 0 aliphatic carbocycles. The van der Waals surface area contributed by atoms with E-state index in [2.05, 4.69) is 0 Å². The molecule has 0 aliphatic heterocycles.